The van der Waals surface area contributed by atoms with E-state index in [4.69, 9.17) is 4.42 Å². The van der Waals surface area contributed by atoms with Crippen molar-refractivity contribution in [2.45, 2.75) is 45.3 Å². The number of urea groups is 1. The van der Waals surface area contributed by atoms with Crippen LogP contribution in [0.25, 0.3) is 22.4 Å². The molecule has 0 bridgehead atoms. The average molecular weight is 507 g/mol. The molecular weight excluding hydrogens is 478 g/mol. The Morgan fingerprint density at radius 2 is 2.05 bits per heavy atom. The third-order valence-corrected chi connectivity index (χ3v) is 7.27. The van der Waals surface area contributed by atoms with Crippen LogP contribution in [0.4, 0.5) is 13.6 Å². The first-order valence-corrected chi connectivity index (χ1v) is 12.6. The van der Waals surface area contributed by atoms with E-state index in [0.717, 1.165) is 53.0 Å². The molecule has 4 aromatic rings. The first-order chi connectivity index (χ1) is 17.9. The highest BCUT2D eigenvalue weighted by Crippen LogP contribution is 2.31. The molecule has 2 amide bonds. The molecule has 6 rings (SSSR count). The zero-order chi connectivity index (χ0) is 25.5. The number of likely N-dealkylation sites (tertiary alicyclic amines) is 1. The summed E-state index contributed by atoms with van der Waals surface area (Å²) in [4.78, 5) is 21.4. The Morgan fingerprint density at radius 3 is 2.89 bits per heavy atom. The lowest BCUT2D eigenvalue weighted by molar-refractivity contribution is 0.158. The van der Waals surface area contributed by atoms with Gasteiger partial charge in [0.05, 0.1) is 12.2 Å². The van der Waals surface area contributed by atoms with Gasteiger partial charge in [0, 0.05) is 61.4 Å². The van der Waals surface area contributed by atoms with E-state index in [1.807, 2.05) is 30.0 Å². The van der Waals surface area contributed by atoms with Gasteiger partial charge in [-0.25, -0.2) is 18.6 Å². The van der Waals surface area contributed by atoms with Gasteiger partial charge in [0.1, 0.15) is 17.2 Å². The van der Waals surface area contributed by atoms with Crippen molar-refractivity contribution in [2.75, 3.05) is 19.6 Å². The predicted octanol–water partition coefficient (Wildman–Crippen LogP) is 4.54. The monoisotopic (exact) mass is 506 g/mol. The number of hydrogen-bond acceptors (Lipinski definition) is 5. The number of nitrogens with one attached hydrogen (secondary N) is 2. The molecule has 1 saturated heterocycles. The van der Waals surface area contributed by atoms with Crippen molar-refractivity contribution >= 4 is 17.1 Å². The Labute approximate surface area is 212 Å². The summed E-state index contributed by atoms with van der Waals surface area (Å²) in [6.07, 6.45) is 2.36. The maximum atomic E-state index is 14.1. The number of carbonyl (C=O) groups excluding carboxylic acids is 1. The van der Waals surface area contributed by atoms with E-state index < -0.39 is 11.6 Å². The lowest BCUT2D eigenvalue weighted by Crippen LogP contribution is -2.52. The van der Waals surface area contributed by atoms with E-state index in [1.54, 1.807) is 4.90 Å². The first kappa shape index (κ1) is 23.6. The molecule has 1 unspecified atom stereocenters. The third kappa shape index (κ3) is 4.69. The molecule has 192 valence electrons. The number of aromatic nitrogens is 3. The van der Waals surface area contributed by atoms with Crippen molar-refractivity contribution in [3.8, 4) is 11.3 Å². The van der Waals surface area contributed by atoms with E-state index >= 15 is 0 Å². The Kier molecular flexibility index (Phi) is 6.11. The molecular formula is C27H28F2N6O2. The van der Waals surface area contributed by atoms with Crippen molar-refractivity contribution in [1.82, 2.24) is 30.3 Å². The normalized spacial score (nSPS) is 18.2. The second-order valence-corrected chi connectivity index (χ2v) is 9.84. The summed E-state index contributed by atoms with van der Waals surface area (Å²) in [6, 6.07) is 9.51. The summed E-state index contributed by atoms with van der Waals surface area (Å²) in [7, 11) is 0. The number of aromatic amines is 1. The molecule has 1 fully saturated rings. The van der Waals surface area contributed by atoms with E-state index in [9.17, 15) is 13.6 Å². The van der Waals surface area contributed by atoms with Gasteiger partial charge in [-0.1, -0.05) is 6.07 Å². The molecule has 0 radical (unpaired) electrons. The van der Waals surface area contributed by atoms with Crippen molar-refractivity contribution in [1.29, 1.82) is 0 Å². The number of halogens is 2. The molecule has 2 aromatic carbocycles. The Bertz CT molecular complexity index is 1440. The molecule has 37 heavy (non-hydrogen) atoms. The van der Waals surface area contributed by atoms with E-state index in [-0.39, 0.29) is 24.2 Å². The van der Waals surface area contributed by atoms with Crippen LogP contribution in [0.2, 0.25) is 0 Å². The largest absolute Gasteiger partial charge is 0.441 e. The minimum absolute atomic E-state index is 0.0736. The van der Waals surface area contributed by atoms with Gasteiger partial charge in [0.25, 0.3) is 0 Å². The summed E-state index contributed by atoms with van der Waals surface area (Å²) in [5, 5.41) is 10.8. The highest BCUT2D eigenvalue weighted by molar-refractivity contribution is 5.81. The standard InChI is InChI=1S/C27H28F2N6O2/c1-16-30-24-12-17(7-8-25(24)37-16)26-20-15-35(11-9-23(20)32-33-26)27(36)31-18-4-3-10-34(13-18)14-19-21(28)5-2-6-22(19)29/h2,5-8,12,18H,3-4,9-11,13-15H2,1H3,(H,31,36)(H,32,33). The lowest BCUT2D eigenvalue weighted by Gasteiger charge is -2.35. The summed E-state index contributed by atoms with van der Waals surface area (Å²) in [6.45, 7) is 4.31. The molecule has 2 aliphatic rings. The van der Waals surface area contributed by atoms with Gasteiger partial charge in [-0.2, -0.15) is 5.10 Å². The number of hydrogen-bond donors (Lipinski definition) is 2. The van der Waals surface area contributed by atoms with E-state index in [0.29, 0.717) is 31.9 Å². The quantitative estimate of drug-likeness (QED) is 0.424. The van der Waals surface area contributed by atoms with Gasteiger partial charge in [-0.05, 0) is 49.7 Å². The molecule has 0 aliphatic carbocycles. The predicted molar refractivity (Wildman–Crippen MR) is 134 cm³/mol. The minimum Gasteiger partial charge on any atom is -0.441 e. The second kappa shape index (κ2) is 9.59. The van der Waals surface area contributed by atoms with Crippen molar-refractivity contribution in [3.63, 3.8) is 0 Å². The summed E-state index contributed by atoms with van der Waals surface area (Å²) in [5.41, 5.74) is 5.34. The maximum Gasteiger partial charge on any atom is 0.317 e. The van der Waals surface area contributed by atoms with Crippen molar-refractivity contribution in [2.24, 2.45) is 0 Å². The third-order valence-electron chi connectivity index (χ3n) is 7.27. The van der Waals surface area contributed by atoms with Crippen LogP contribution in [0.5, 0.6) is 0 Å². The molecule has 10 heteroatoms. The topological polar surface area (TPSA) is 90.3 Å². The zero-order valence-electron chi connectivity index (χ0n) is 20.6. The highest BCUT2D eigenvalue weighted by atomic mass is 19.1. The molecule has 1 atom stereocenters. The van der Waals surface area contributed by atoms with Gasteiger partial charge in [0.15, 0.2) is 11.5 Å². The van der Waals surface area contributed by atoms with Crippen LogP contribution in [-0.2, 0) is 19.5 Å². The summed E-state index contributed by atoms with van der Waals surface area (Å²) >= 11 is 0. The number of carbonyl (C=O) groups is 1. The number of nitrogens with zero attached hydrogens (tertiary/aromatic N) is 4. The summed E-state index contributed by atoms with van der Waals surface area (Å²) < 4.78 is 33.8. The molecule has 8 nitrogen and oxygen atoms in total. The molecule has 2 aliphatic heterocycles. The Balaban J connectivity index is 1.13. The van der Waals surface area contributed by atoms with Crippen LogP contribution in [0, 0.1) is 18.6 Å². The fourth-order valence-electron chi connectivity index (χ4n) is 5.39. The highest BCUT2D eigenvalue weighted by Gasteiger charge is 2.29. The molecule has 0 saturated carbocycles. The van der Waals surface area contributed by atoms with E-state index in [1.165, 1.54) is 18.2 Å². The number of fused-ring (bicyclic) bond motifs is 2. The van der Waals surface area contributed by atoms with Gasteiger partial charge in [0.2, 0.25) is 0 Å². The fraction of sp³-hybridized carbons (Fsp3) is 0.370. The number of oxazole rings is 1. The number of rotatable bonds is 4. The van der Waals surface area contributed by atoms with Gasteiger partial charge in [-0.15, -0.1) is 0 Å². The van der Waals surface area contributed by atoms with Crippen LogP contribution in [0.1, 0.15) is 35.6 Å². The minimum atomic E-state index is -0.538. The van der Waals surface area contributed by atoms with Crippen LogP contribution >= 0.6 is 0 Å². The van der Waals surface area contributed by atoms with Crippen LogP contribution in [0.15, 0.2) is 40.8 Å². The van der Waals surface area contributed by atoms with E-state index in [2.05, 4.69) is 20.5 Å². The molecule has 4 heterocycles. The summed E-state index contributed by atoms with van der Waals surface area (Å²) in [5.74, 6) is -0.465. The van der Waals surface area contributed by atoms with Crippen LogP contribution < -0.4 is 5.32 Å². The van der Waals surface area contributed by atoms with Crippen LogP contribution in [-0.4, -0.2) is 56.7 Å². The number of amides is 2. The maximum absolute atomic E-state index is 14.1. The molecule has 0 spiro atoms. The van der Waals surface area contributed by atoms with Gasteiger partial charge in [-0.3, -0.25) is 10.00 Å². The zero-order valence-corrected chi connectivity index (χ0v) is 20.6. The average Bonchev–Trinajstić information content (AvgIpc) is 3.48. The van der Waals surface area contributed by atoms with Gasteiger partial charge < -0.3 is 14.6 Å². The Hall–Kier alpha value is -3.79. The molecule has 2 N–H and O–H groups in total. The SMILES string of the molecule is Cc1nc2cc(-c3n[nH]c4c3CN(C(=O)NC3CCCN(Cc5c(F)cccc5F)C3)CC4)ccc2o1. The number of H-pyrrole nitrogens is 1. The molecule has 2 aromatic heterocycles. The number of benzene rings is 2. The number of aryl methyl sites for hydroxylation is 1. The fourth-order valence-corrected chi connectivity index (χ4v) is 5.39. The van der Waals surface area contributed by atoms with Gasteiger partial charge >= 0.3 is 6.03 Å². The Morgan fingerprint density at radius 1 is 1.22 bits per heavy atom. The smallest absolute Gasteiger partial charge is 0.317 e. The first-order valence-electron chi connectivity index (χ1n) is 12.6. The van der Waals surface area contributed by atoms with Crippen molar-refractivity contribution < 1.29 is 18.0 Å². The number of piperidine rings is 1. The van der Waals surface area contributed by atoms with Crippen molar-refractivity contribution in [3.05, 3.63) is 70.7 Å². The second-order valence-electron chi connectivity index (χ2n) is 9.84. The lowest BCUT2D eigenvalue weighted by atomic mass is 10.0. The van der Waals surface area contributed by atoms with Crippen LogP contribution in [0.3, 0.4) is 0 Å².